The fraction of sp³-hybridized carbons (Fsp3) is 0.588. The number of hydrogen-bond acceptors (Lipinski definition) is 2. The smallest absolute Gasteiger partial charge is 0.222 e. The average Bonchev–Trinajstić information content (AvgIpc) is 3.00. The van der Waals surface area contributed by atoms with Crippen molar-refractivity contribution in [3.63, 3.8) is 0 Å². The fourth-order valence-corrected chi connectivity index (χ4v) is 3.51. The lowest BCUT2D eigenvalue weighted by atomic mass is 9.82. The Hall–Kier alpha value is -1.35. The topological polar surface area (TPSA) is 32.3 Å². The molecule has 3 heteroatoms. The molecule has 0 radical (unpaired) electrons. The molecule has 20 heavy (non-hydrogen) atoms. The molecule has 1 saturated heterocycles. The Morgan fingerprint density at radius 1 is 1.30 bits per heavy atom. The van der Waals surface area contributed by atoms with Crippen molar-refractivity contribution in [1.29, 1.82) is 0 Å². The van der Waals surface area contributed by atoms with Crippen LogP contribution >= 0.6 is 0 Å². The highest BCUT2D eigenvalue weighted by Gasteiger charge is 2.26. The largest absolute Gasteiger partial charge is 0.341 e. The van der Waals surface area contributed by atoms with E-state index in [9.17, 15) is 4.79 Å². The Labute approximate surface area is 121 Å². The summed E-state index contributed by atoms with van der Waals surface area (Å²) in [5.74, 6) is 0.845. The number of rotatable bonds is 3. The van der Waals surface area contributed by atoms with E-state index in [0.29, 0.717) is 24.3 Å². The Morgan fingerprint density at radius 2 is 2.10 bits per heavy atom. The zero-order valence-electron chi connectivity index (χ0n) is 12.3. The summed E-state index contributed by atoms with van der Waals surface area (Å²) < 4.78 is 0. The zero-order chi connectivity index (χ0) is 13.9. The van der Waals surface area contributed by atoms with E-state index in [1.807, 2.05) is 11.9 Å². The Bertz CT molecular complexity index is 480. The maximum Gasteiger partial charge on any atom is 0.222 e. The van der Waals surface area contributed by atoms with Crippen molar-refractivity contribution in [3.05, 3.63) is 35.4 Å². The van der Waals surface area contributed by atoms with Crippen LogP contribution in [0.2, 0.25) is 0 Å². The van der Waals surface area contributed by atoms with Gasteiger partial charge >= 0.3 is 0 Å². The van der Waals surface area contributed by atoms with Crippen LogP contribution in [0.5, 0.6) is 0 Å². The lowest BCUT2D eigenvalue weighted by Crippen LogP contribution is -2.39. The van der Waals surface area contributed by atoms with Gasteiger partial charge in [-0.1, -0.05) is 24.3 Å². The minimum absolute atomic E-state index is 0.322. The van der Waals surface area contributed by atoms with Gasteiger partial charge in [-0.05, 0) is 49.3 Å². The first kappa shape index (κ1) is 13.6. The molecule has 0 bridgehead atoms. The number of carbonyl (C=O) groups excluding carboxylic acids is 1. The van der Waals surface area contributed by atoms with Gasteiger partial charge in [-0.15, -0.1) is 0 Å². The summed E-state index contributed by atoms with van der Waals surface area (Å²) in [6, 6.07) is 9.07. The Kier molecular flexibility index (Phi) is 4.06. The maximum atomic E-state index is 12.4. The summed E-state index contributed by atoms with van der Waals surface area (Å²) in [6.07, 6.45) is 5.15. The molecular formula is C17H24N2O. The number of nitrogens with one attached hydrogen (secondary N) is 1. The summed E-state index contributed by atoms with van der Waals surface area (Å²) in [4.78, 5) is 14.4. The molecule has 1 fully saturated rings. The van der Waals surface area contributed by atoms with Crippen molar-refractivity contribution in [2.75, 3.05) is 20.1 Å². The summed E-state index contributed by atoms with van der Waals surface area (Å²) in [5.41, 5.74) is 2.92. The second kappa shape index (κ2) is 5.96. The lowest BCUT2D eigenvalue weighted by molar-refractivity contribution is -0.132. The summed E-state index contributed by atoms with van der Waals surface area (Å²) in [6.45, 7) is 1.99. The van der Waals surface area contributed by atoms with Gasteiger partial charge in [-0.3, -0.25) is 4.79 Å². The first-order valence-corrected chi connectivity index (χ1v) is 7.77. The van der Waals surface area contributed by atoms with E-state index in [2.05, 4.69) is 29.6 Å². The van der Waals surface area contributed by atoms with Crippen molar-refractivity contribution >= 4 is 5.91 Å². The van der Waals surface area contributed by atoms with E-state index < -0.39 is 0 Å². The standard InChI is InChI=1S/C17H24N2O/c1-19(16-8-9-18-12-16)17(20)11-13-6-7-14-4-2-3-5-15(14)10-13/h2-5,13,16,18H,6-12H2,1H3. The number of carbonyl (C=O) groups is 1. The van der Waals surface area contributed by atoms with Crippen LogP contribution in [0.25, 0.3) is 0 Å². The van der Waals surface area contributed by atoms with E-state index >= 15 is 0 Å². The molecule has 1 heterocycles. The number of aryl methyl sites for hydroxylation is 1. The van der Waals surface area contributed by atoms with Crippen molar-refractivity contribution in [3.8, 4) is 0 Å². The van der Waals surface area contributed by atoms with Gasteiger partial charge in [0.15, 0.2) is 0 Å². The van der Waals surface area contributed by atoms with Crippen LogP contribution < -0.4 is 5.32 Å². The third-order valence-electron chi connectivity index (χ3n) is 4.89. The van der Waals surface area contributed by atoms with Crippen LogP contribution in [0.1, 0.15) is 30.4 Å². The normalized spacial score (nSPS) is 25.2. The second-order valence-electron chi connectivity index (χ2n) is 6.23. The average molecular weight is 272 g/mol. The number of amides is 1. The van der Waals surface area contributed by atoms with Gasteiger partial charge in [0.2, 0.25) is 5.91 Å². The van der Waals surface area contributed by atoms with E-state index in [1.165, 1.54) is 11.1 Å². The summed E-state index contributed by atoms with van der Waals surface area (Å²) in [7, 11) is 1.97. The van der Waals surface area contributed by atoms with E-state index in [-0.39, 0.29) is 0 Å². The number of fused-ring (bicyclic) bond motifs is 1. The van der Waals surface area contributed by atoms with Crippen LogP contribution in [0.3, 0.4) is 0 Å². The number of benzene rings is 1. The molecular weight excluding hydrogens is 248 g/mol. The van der Waals surface area contributed by atoms with Gasteiger partial charge in [-0.2, -0.15) is 0 Å². The van der Waals surface area contributed by atoms with Crippen molar-refractivity contribution in [2.24, 2.45) is 5.92 Å². The highest BCUT2D eigenvalue weighted by Crippen LogP contribution is 2.28. The third kappa shape index (κ3) is 2.88. The first-order chi connectivity index (χ1) is 9.74. The van der Waals surface area contributed by atoms with Gasteiger partial charge in [0.25, 0.3) is 0 Å². The molecule has 2 aliphatic rings. The predicted octanol–water partition coefficient (Wildman–Crippen LogP) is 2.00. The molecule has 2 atom stereocenters. The van der Waals surface area contributed by atoms with Crippen molar-refractivity contribution < 1.29 is 4.79 Å². The second-order valence-corrected chi connectivity index (χ2v) is 6.23. The monoisotopic (exact) mass is 272 g/mol. The fourth-order valence-electron chi connectivity index (χ4n) is 3.51. The van der Waals surface area contributed by atoms with Crippen LogP contribution in [-0.4, -0.2) is 37.0 Å². The molecule has 2 unspecified atom stereocenters. The van der Waals surface area contributed by atoms with Gasteiger partial charge < -0.3 is 10.2 Å². The van der Waals surface area contributed by atoms with Gasteiger partial charge in [0, 0.05) is 26.1 Å². The molecule has 1 N–H and O–H groups in total. The van der Waals surface area contributed by atoms with Crippen LogP contribution in [0, 0.1) is 5.92 Å². The quantitative estimate of drug-likeness (QED) is 0.913. The summed E-state index contributed by atoms with van der Waals surface area (Å²) >= 11 is 0. The van der Waals surface area contributed by atoms with E-state index in [0.717, 1.165) is 38.8 Å². The molecule has 0 spiro atoms. The van der Waals surface area contributed by atoms with Crippen LogP contribution in [0.15, 0.2) is 24.3 Å². The van der Waals surface area contributed by atoms with Crippen molar-refractivity contribution in [2.45, 2.75) is 38.1 Å². The minimum atomic E-state index is 0.322. The predicted molar refractivity (Wildman–Crippen MR) is 80.6 cm³/mol. The highest BCUT2D eigenvalue weighted by molar-refractivity contribution is 5.76. The molecule has 1 aromatic carbocycles. The van der Waals surface area contributed by atoms with Gasteiger partial charge in [0.1, 0.15) is 0 Å². The van der Waals surface area contributed by atoms with Gasteiger partial charge in [0.05, 0.1) is 0 Å². The van der Waals surface area contributed by atoms with Crippen molar-refractivity contribution in [1.82, 2.24) is 10.2 Å². The number of hydrogen-bond donors (Lipinski definition) is 1. The first-order valence-electron chi connectivity index (χ1n) is 7.77. The molecule has 1 amide bonds. The maximum absolute atomic E-state index is 12.4. The zero-order valence-corrected chi connectivity index (χ0v) is 12.3. The molecule has 3 nitrogen and oxygen atoms in total. The Morgan fingerprint density at radius 3 is 2.85 bits per heavy atom. The molecule has 1 aliphatic carbocycles. The lowest BCUT2D eigenvalue weighted by Gasteiger charge is -2.28. The van der Waals surface area contributed by atoms with E-state index in [4.69, 9.17) is 0 Å². The van der Waals surface area contributed by atoms with Gasteiger partial charge in [-0.25, -0.2) is 0 Å². The summed E-state index contributed by atoms with van der Waals surface area (Å²) in [5, 5.41) is 3.33. The molecule has 1 aromatic rings. The third-order valence-corrected chi connectivity index (χ3v) is 4.89. The van der Waals surface area contributed by atoms with Crippen LogP contribution in [-0.2, 0) is 17.6 Å². The molecule has 3 rings (SSSR count). The SMILES string of the molecule is CN(C(=O)CC1CCc2ccccc2C1)C1CCNC1. The highest BCUT2D eigenvalue weighted by atomic mass is 16.2. The van der Waals surface area contributed by atoms with Crippen LogP contribution in [0.4, 0.5) is 0 Å². The minimum Gasteiger partial charge on any atom is -0.341 e. The molecule has 0 aromatic heterocycles. The molecule has 1 aliphatic heterocycles. The molecule has 108 valence electrons. The number of likely N-dealkylation sites (N-methyl/N-ethyl adjacent to an activating group) is 1. The number of nitrogens with zero attached hydrogens (tertiary/aromatic N) is 1. The van der Waals surface area contributed by atoms with E-state index in [1.54, 1.807) is 0 Å². The molecule has 0 saturated carbocycles. The Balaban J connectivity index is 1.57.